The maximum absolute atomic E-state index is 12.3. The number of aliphatic imine (C=N–C) groups is 1. The van der Waals surface area contributed by atoms with E-state index in [4.69, 9.17) is 0 Å². The Kier molecular flexibility index (Phi) is 10.5. The number of nitrogens with zero attached hydrogens (tertiary/aromatic N) is 1. The van der Waals surface area contributed by atoms with E-state index in [2.05, 4.69) is 33.4 Å². The van der Waals surface area contributed by atoms with E-state index in [1.54, 1.807) is 32.1 Å². The van der Waals surface area contributed by atoms with Gasteiger partial charge in [-0.15, -0.1) is 0 Å². The number of nitrogens with one attached hydrogen (secondary N) is 3. The molecule has 0 bridgehead atoms. The van der Waals surface area contributed by atoms with Crippen LogP contribution in [0.5, 0.6) is 0 Å². The number of aromatic amines is 2. The van der Waals surface area contributed by atoms with Gasteiger partial charge in [0.1, 0.15) is 0 Å². The smallest absolute Gasteiger partial charge is 0.481 e. The number of amides is 2. The molecule has 0 fully saturated rings. The number of aromatic nitrogens is 2. The fraction of sp³-hybridized carbons (Fsp3) is 0.242. The third-order valence-corrected chi connectivity index (χ3v) is 7.87. The van der Waals surface area contributed by atoms with Gasteiger partial charge in [0.05, 0.1) is 11.4 Å². The molecule has 2 amide bonds. The van der Waals surface area contributed by atoms with Crippen LogP contribution in [0, 0.1) is 13.8 Å². The van der Waals surface area contributed by atoms with Crippen molar-refractivity contribution in [3.05, 3.63) is 97.6 Å². The topological polar surface area (TPSA) is 165 Å². The van der Waals surface area contributed by atoms with E-state index in [-0.39, 0.29) is 54.6 Å². The van der Waals surface area contributed by atoms with Gasteiger partial charge >= 0.3 is 29.0 Å². The Labute approximate surface area is 264 Å². The largest absolute Gasteiger partial charge is 2.00 e. The van der Waals surface area contributed by atoms with E-state index >= 15 is 0 Å². The number of carboxylic acids is 2. The third-order valence-electron chi connectivity index (χ3n) is 7.87. The molecule has 2 aromatic heterocycles. The maximum Gasteiger partial charge on any atom is 2.00 e. The van der Waals surface area contributed by atoms with Crippen LogP contribution < -0.4 is 16.0 Å². The first-order valence-electron chi connectivity index (χ1n) is 13.8. The number of carboxylic acid groups (broad SMARTS) is 2. The monoisotopic (exact) mass is 638 g/mol. The van der Waals surface area contributed by atoms with E-state index in [9.17, 15) is 29.4 Å². The standard InChI is InChI=1S/C33H34N4O6.Fe/c1-7-20-19(6)32(42)37-27(20)14-25-18(5)23(10-12-31(40)41)29(35-25)15-28-22(9-11-30(38)39)17(4)24(34-28)13-26-16(3)21(8-2)33(43)36-26;/h7-8,13-15,34-35H,1-2,9-12H2,3-6H3,(H,37,42)(H,38,39)(H,40,41);/q;+2/b24-13-,27-14-,28-15-;. The van der Waals surface area contributed by atoms with Gasteiger partial charge in [-0.25, -0.2) is 4.99 Å². The molecule has 2 aliphatic rings. The summed E-state index contributed by atoms with van der Waals surface area (Å²) in [4.78, 5) is 58.4. The number of rotatable bonds is 11. The molecule has 0 aromatic carbocycles. The summed E-state index contributed by atoms with van der Waals surface area (Å²) in [6.07, 6.45) is 8.80. The Morgan fingerprint density at radius 2 is 1.39 bits per heavy atom. The molecule has 11 heteroatoms. The van der Waals surface area contributed by atoms with Crippen LogP contribution in [-0.2, 0) is 49.1 Å². The van der Waals surface area contributed by atoms with Gasteiger partial charge in [-0.2, -0.15) is 0 Å². The second-order valence-corrected chi connectivity index (χ2v) is 10.5. The van der Waals surface area contributed by atoms with E-state index in [1.165, 1.54) is 6.08 Å². The van der Waals surface area contributed by atoms with Crippen molar-refractivity contribution in [2.45, 2.75) is 53.4 Å². The zero-order chi connectivity index (χ0) is 31.6. The minimum absolute atomic E-state index is 0. The summed E-state index contributed by atoms with van der Waals surface area (Å²) in [5.74, 6) is -2.46. The van der Waals surface area contributed by atoms with Gasteiger partial charge in [0.2, 0.25) is 0 Å². The van der Waals surface area contributed by atoms with Crippen LogP contribution in [0.1, 0.15) is 60.3 Å². The van der Waals surface area contributed by atoms with Crippen LogP contribution in [0.25, 0.3) is 18.2 Å². The number of hydrogen-bond acceptors (Lipinski definition) is 4. The molecular formula is C33H34FeN4O6+2. The average molecular weight is 639 g/mol. The Balaban J connectivity index is 0.00000529. The molecule has 0 saturated heterocycles. The predicted molar refractivity (Wildman–Crippen MR) is 165 cm³/mol. The molecular weight excluding hydrogens is 604 g/mol. The fourth-order valence-electron chi connectivity index (χ4n) is 5.34. The SMILES string of the molecule is C=CC1=C(C)C(/C=c2\[nH]/c(=C\c3[nH]c(/C=C4\NC(=O)C(C)=C4C=C)c(C)c3CCC(=O)O)c(CCC(=O)O)c2C)=NC1=O.[Fe+2]. The van der Waals surface area contributed by atoms with E-state index in [0.29, 0.717) is 55.8 Å². The van der Waals surface area contributed by atoms with Crippen molar-refractivity contribution in [2.75, 3.05) is 0 Å². The van der Waals surface area contributed by atoms with Gasteiger partial charge in [-0.05, 0) is 86.6 Å². The van der Waals surface area contributed by atoms with Crippen LogP contribution in [0.15, 0.2) is 58.3 Å². The molecule has 0 atom stereocenters. The summed E-state index contributed by atoms with van der Waals surface area (Å²) in [7, 11) is 0. The van der Waals surface area contributed by atoms with Crippen LogP contribution >= 0.6 is 0 Å². The van der Waals surface area contributed by atoms with Crippen LogP contribution in [0.4, 0.5) is 0 Å². The molecule has 5 N–H and O–H groups in total. The molecule has 2 aromatic rings. The summed E-state index contributed by atoms with van der Waals surface area (Å²) in [5, 5.41) is 23.0. The first kappa shape index (κ1) is 33.8. The minimum atomic E-state index is -0.941. The van der Waals surface area contributed by atoms with E-state index in [1.807, 2.05) is 19.9 Å². The molecule has 0 saturated carbocycles. The number of carbonyl (C=O) groups excluding carboxylic acids is 2. The molecule has 0 aliphatic carbocycles. The summed E-state index contributed by atoms with van der Waals surface area (Å²) in [6, 6.07) is 0. The van der Waals surface area contributed by atoms with E-state index in [0.717, 1.165) is 22.3 Å². The number of allylic oxidation sites excluding steroid dienone is 2. The van der Waals surface area contributed by atoms with Crippen LogP contribution in [0.2, 0.25) is 0 Å². The molecule has 44 heavy (non-hydrogen) atoms. The van der Waals surface area contributed by atoms with Gasteiger partial charge in [0, 0.05) is 51.6 Å². The molecule has 228 valence electrons. The van der Waals surface area contributed by atoms with Crippen molar-refractivity contribution < 1.29 is 46.5 Å². The van der Waals surface area contributed by atoms with Crippen molar-refractivity contribution in [1.29, 1.82) is 0 Å². The normalized spacial score (nSPS) is 16.5. The number of aliphatic carboxylic acids is 2. The number of carbonyl (C=O) groups is 4. The third kappa shape index (κ3) is 6.74. The van der Waals surface area contributed by atoms with Gasteiger partial charge in [0.25, 0.3) is 11.8 Å². The molecule has 0 spiro atoms. The van der Waals surface area contributed by atoms with Crippen LogP contribution in [0.3, 0.4) is 0 Å². The summed E-state index contributed by atoms with van der Waals surface area (Å²) in [6.45, 7) is 14.8. The zero-order valence-corrected chi connectivity index (χ0v) is 26.1. The first-order chi connectivity index (χ1) is 20.4. The maximum atomic E-state index is 12.3. The van der Waals surface area contributed by atoms with Crippen molar-refractivity contribution in [2.24, 2.45) is 4.99 Å². The molecule has 0 unspecified atom stereocenters. The van der Waals surface area contributed by atoms with Crippen molar-refractivity contribution in [1.82, 2.24) is 15.3 Å². The average Bonchev–Trinajstić information content (AvgIpc) is 3.59. The Morgan fingerprint density at radius 3 is 1.95 bits per heavy atom. The number of H-pyrrole nitrogens is 2. The zero-order valence-electron chi connectivity index (χ0n) is 25.0. The molecule has 4 rings (SSSR count). The Bertz CT molecular complexity index is 1860. The minimum Gasteiger partial charge on any atom is -0.481 e. The van der Waals surface area contributed by atoms with Gasteiger partial charge in [0.15, 0.2) is 0 Å². The van der Waals surface area contributed by atoms with Gasteiger partial charge < -0.3 is 25.5 Å². The fourth-order valence-corrected chi connectivity index (χ4v) is 5.34. The van der Waals surface area contributed by atoms with E-state index < -0.39 is 11.9 Å². The predicted octanol–water partition coefficient (Wildman–Crippen LogP) is 3.06. The molecule has 0 radical (unpaired) electrons. The van der Waals surface area contributed by atoms with Crippen molar-refractivity contribution in [3.8, 4) is 0 Å². The van der Waals surface area contributed by atoms with Gasteiger partial charge in [-0.3, -0.25) is 19.2 Å². The molecule has 4 heterocycles. The van der Waals surface area contributed by atoms with Crippen LogP contribution in [-0.4, -0.2) is 49.6 Å². The van der Waals surface area contributed by atoms with Crippen molar-refractivity contribution >= 4 is 47.7 Å². The molecule has 10 nitrogen and oxygen atoms in total. The summed E-state index contributed by atoms with van der Waals surface area (Å²) < 4.78 is 0. The Morgan fingerprint density at radius 1 is 0.773 bits per heavy atom. The van der Waals surface area contributed by atoms with Crippen molar-refractivity contribution in [3.63, 3.8) is 0 Å². The second-order valence-electron chi connectivity index (χ2n) is 10.5. The second kappa shape index (κ2) is 13.7. The summed E-state index contributed by atoms with van der Waals surface area (Å²) in [5.41, 5.74) is 7.97. The Hall–Kier alpha value is -4.73. The number of hydrogen-bond donors (Lipinski definition) is 5. The molecule has 2 aliphatic heterocycles. The first-order valence-corrected chi connectivity index (χ1v) is 13.8. The summed E-state index contributed by atoms with van der Waals surface area (Å²) >= 11 is 0. The van der Waals surface area contributed by atoms with Gasteiger partial charge in [-0.1, -0.05) is 25.3 Å². The quantitative estimate of drug-likeness (QED) is 0.238.